The summed E-state index contributed by atoms with van der Waals surface area (Å²) in [6, 6.07) is 14.9. The minimum absolute atomic E-state index is 0.0110. The number of thioether (sulfide) groups is 1. The molecule has 1 unspecified atom stereocenters. The van der Waals surface area contributed by atoms with Crippen LogP contribution < -0.4 is 21.9 Å². The zero-order valence-electron chi connectivity index (χ0n) is 16.4. The van der Waals surface area contributed by atoms with Crippen LogP contribution in [-0.4, -0.2) is 15.9 Å². The van der Waals surface area contributed by atoms with Gasteiger partial charge in [-0.05, 0) is 23.8 Å². The number of nitrogens with two attached hydrogens (primary N) is 1. The van der Waals surface area contributed by atoms with Gasteiger partial charge in [0.15, 0.2) is 5.16 Å². The van der Waals surface area contributed by atoms with Crippen molar-refractivity contribution in [2.75, 3.05) is 10.6 Å². The Kier molecular flexibility index (Phi) is 4.49. The van der Waals surface area contributed by atoms with E-state index >= 15 is 0 Å². The van der Waals surface area contributed by atoms with Gasteiger partial charge in [-0.3, -0.25) is 9.59 Å². The number of anilines is 2. The van der Waals surface area contributed by atoms with E-state index in [1.165, 1.54) is 23.9 Å². The van der Waals surface area contributed by atoms with Gasteiger partial charge < -0.3 is 21.4 Å². The van der Waals surface area contributed by atoms with Crippen molar-refractivity contribution >= 4 is 29.2 Å². The first-order valence-corrected chi connectivity index (χ1v) is 10.5. The summed E-state index contributed by atoms with van der Waals surface area (Å²) < 4.78 is 13.1. The van der Waals surface area contributed by atoms with Crippen molar-refractivity contribution in [3.05, 3.63) is 92.8 Å². The highest BCUT2D eigenvalue weighted by atomic mass is 32.2. The lowest BCUT2D eigenvalue weighted by atomic mass is 9.69. The van der Waals surface area contributed by atoms with E-state index in [1.807, 2.05) is 6.07 Å². The summed E-state index contributed by atoms with van der Waals surface area (Å²) in [5, 5.41) is 15.7. The van der Waals surface area contributed by atoms with E-state index in [0.29, 0.717) is 22.2 Å². The second kappa shape index (κ2) is 7.25. The Hall–Kier alpha value is -4.10. The molecule has 0 fully saturated rings. The minimum atomic E-state index is -1.70. The Labute approximate surface area is 185 Å². The Morgan fingerprint density at radius 1 is 1.12 bits per heavy atom. The molecule has 2 aromatic carbocycles. The average Bonchev–Trinajstić information content (AvgIpc) is 3.05. The molecule has 1 spiro atoms. The molecule has 5 N–H and O–H groups in total. The number of fused-ring (bicyclic) bond motifs is 4. The van der Waals surface area contributed by atoms with E-state index in [9.17, 15) is 19.2 Å². The number of rotatable bonds is 3. The van der Waals surface area contributed by atoms with E-state index in [-0.39, 0.29) is 28.6 Å². The van der Waals surface area contributed by atoms with Crippen LogP contribution in [0.4, 0.5) is 15.9 Å². The van der Waals surface area contributed by atoms with Crippen molar-refractivity contribution in [3.8, 4) is 6.07 Å². The molecular weight excluding hydrogens is 431 g/mol. The molecule has 0 saturated carbocycles. The topological polar surface area (TPSA) is 137 Å². The van der Waals surface area contributed by atoms with Gasteiger partial charge in [0.1, 0.15) is 28.9 Å². The number of hydrogen-bond acceptors (Lipinski definition) is 7. The molecule has 10 heteroatoms. The number of H-pyrrole nitrogens is 1. The van der Waals surface area contributed by atoms with Gasteiger partial charge in [-0.2, -0.15) is 5.26 Å². The first-order valence-electron chi connectivity index (χ1n) is 9.55. The number of hydrogen-bond donors (Lipinski definition) is 4. The highest BCUT2D eigenvalue weighted by Gasteiger charge is 2.57. The van der Waals surface area contributed by atoms with Crippen molar-refractivity contribution in [1.82, 2.24) is 9.97 Å². The van der Waals surface area contributed by atoms with Gasteiger partial charge >= 0.3 is 0 Å². The largest absolute Gasteiger partial charge is 0.384 e. The van der Waals surface area contributed by atoms with Gasteiger partial charge in [0.2, 0.25) is 5.91 Å². The van der Waals surface area contributed by atoms with Crippen LogP contribution in [0.1, 0.15) is 16.7 Å². The molecule has 32 heavy (non-hydrogen) atoms. The molecule has 1 aromatic heterocycles. The second-order valence-corrected chi connectivity index (χ2v) is 8.25. The van der Waals surface area contributed by atoms with Gasteiger partial charge in [-0.1, -0.05) is 42.1 Å². The molecule has 0 radical (unpaired) electrons. The summed E-state index contributed by atoms with van der Waals surface area (Å²) in [7, 11) is 0. The fourth-order valence-electron chi connectivity index (χ4n) is 4.11. The number of nitrogens with zero attached hydrogens (tertiary/aromatic N) is 2. The number of amides is 1. The van der Waals surface area contributed by atoms with Crippen LogP contribution in [0.25, 0.3) is 0 Å². The van der Waals surface area contributed by atoms with Crippen LogP contribution in [0.5, 0.6) is 0 Å². The zero-order valence-corrected chi connectivity index (χ0v) is 17.2. The fourth-order valence-corrected chi connectivity index (χ4v) is 4.92. The number of carbonyl (C=O) groups is 1. The predicted molar refractivity (Wildman–Crippen MR) is 117 cm³/mol. The third-order valence-corrected chi connectivity index (χ3v) is 6.44. The molecule has 0 aliphatic carbocycles. The van der Waals surface area contributed by atoms with E-state index < -0.39 is 16.9 Å². The molecule has 3 heterocycles. The standard InChI is InChI=1S/C22H15FN6O2S/c23-12-7-5-11(6-8-12)10-32-21-28-18-16(19(30)29-21)22(14(9-24)17(25)27-18)13-3-1-2-4-15(13)26-20(22)31/h1-8H,10,25H2,(H,26,31)(H2,27,28,29,30). The normalized spacial score (nSPS) is 18.6. The monoisotopic (exact) mass is 446 g/mol. The summed E-state index contributed by atoms with van der Waals surface area (Å²) in [6.07, 6.45) is 0. The number of halogens is 1. The van der Waals surface area contributed by atoms with Crippen molar-refractivity contribution in [1.29, 1.82) is 5.26 Å². The lowest BCUT2D eigenvalue weighted by molar-refractivity contribution is -0.118. The zero-order chi connectivity index (χ0) is 22.5. The van der Waals surface area contributed by atoms with Crippen molar-refractivity contribution in [3.63, 3.8) is 0 Å². The molecule has 1 atom stereocenters. The predicted octanol–water partition coefficient (Wildman–Crippen LogP) is 2.56. The number of aromatic nitrogens is 2. The maximum Gasteiger partial charge on any atom is 0.258 e. The molecule has 2 aliphatic heterocycles. The number of nitriles is 1. The molecule has 8 nitrogen and oxygen atoms in total. The summed E-state index contributed by atoms with van der Waals surface area (Å²) in [5.41, 5.74) is 5.63. The molecule has 158 valence electrons. The van der Waals surface area contributed by atoms with Gasteiger partial charge in [-0.25, -0.2) is 9.37 Å². The number of aromatic amines is 1. The molecule has 5 rings (SSSR count). The van der Waals surface area contributed by atoms with E-state index in [1.54, 1.807) is 36.4 Å². The first-order chi connectivity index (χ1) is 15.4. The summed E-state index contributed by atoms with van der Waals surface area (Å²) in [5.74, 6) is -0.372. The van der Waals surface area contributed by atoms with Crippen molar-refractivity contribution in [2.24, 2.45) is 5.73 Å². The highest BCUT2D eigenvalue weighted by Crippen LogP contribution is 2.50. The maximum atomic E-state index is 13.3. The van der Waals surface area contributed by atoms with Gasteiger partial charge in [0.25, 0.3) is 5.56 Å². The van der Waals surface area contributed by atoms with Gasteiger partial charge in [0.05, 0.1) is 11.1 Å². The Morgan fingerprint density at radius 3 is 2.62 bits per heavy atom. The van der Waals surface area contributed by atoms with Crippen LogP contribution in [0.3, 0.4) is 0 Å². The lowest BCUT2D eigenvalue weighted by Crippen LogP contribution is -2.47. The first kappa shape index (κ1) is 19.8. The average molecular weight is 446 g/mol. The maximum absolute atomic E-state index is 13.3. The molecule has 3 aromatic rings. The van der Waals surface area contributed by atoms with Gasteiger partial charge in [-0.15, -0.1) is 0 Å². The molecule has 0 bridgehead atoms. The number of nitrogens with one attached hydrogen (secondary N) is 3. The van der Waals surface area contributed by atoms with Crippen molar-refractivity contribution < 1.29 is 9.18 Å². The second-order valence-electron chi connectivity index (χ2n) is 7.29. The minimum Gasteiger partial charge on any atom is -0.384 e. The molecule has 2 aliphatic rings. The van der Waals surface area contributed by atoms with Crippen LogP contribution in [0.2, 0.25) is 0 Å². The quantitative estimate of drug-likeness (QED) is 0.358. The highest BCUT2D eigenvalue weighted by molar-refractivity contribution is 7.98. The number of benzene rings is 2. The Morgan fingerprint density at radius 2 is 1.88 bits per heavy atom. The van der Waals surface area contributed by atoms with Crippen LogP contribution >= 0.6 is 11.8 Å². The smallest absolute Gasteiger partial charge is 0.258 e. The summed E-state index contributed by atoms with van der Waals surface area (Å²) in [6.45, 7) is 0. The Bertz CT molecular complexity index is 1410. The number of para-hydroxylation sites is 1. The lowest BCUT2D eigenvalue weighted by Gasteiger charge is -2.33. The fraction of sp³-hybridized carbons (Fsp3) is 0.0909. The van der Waals surface area contributed by atoms with Crippen molar-refractivity contribution in [2.45, 2.75) is 16.3 Å². The molecular formula is C22H15FN6O2S. The third kappa shape index (κ3) is 2.79. The molecule has 1 amide bonds. The van der Waals surface area contributed by atoms with E-state index in [0.717, 1.165) is 5.56 Å². The van der Waals surface area contributed by atoms with Crippen LogP contribution in [0.15, 0.2) is 69.9 Å². The summed E-state index contributed by atoms with van der Waals surface area (Å²) >= 11 is 1.24. The van der Waals surface area contributed by atoms with Crippen LogP contribution in [-0.2, 0) is 16.0 Å². The summed E-state index contributed by atoms with van der Waals surface area (Å²) in [4.78, 5) is 33.7. The third-order valence-electron chi connectivity index (χ3n) is 5.49. The van der Waals surface area contributed by atoms with E-state index in [4.69, 9.17) is 5.73 Å². The van der Waals surface area contributed by atoms with E-state index in [2.05, 4.69) is 20.6 Å². The van der Waals surface area contributed by atoms with Gasteiger partial charge in [0, 0.05) is 17.0 Å². The van der Waals surface area contributed by atoms with Crippen LogP contribution in [0, 0.1) is 17.1 Å². The SMILES string of the molecule is N#CC1=C(N)Nc2nc(SCc3ccc(F)cc3)[nH]c(=O)c2C12C(=O)Nc1ccccc12. The Balaban J connectivity index is 1.64. The number of carbonyl (C=O) groups excluding carboxylic acids is 1. The molecule has 0 saturated heterocycles.